The van der Waals surface area contributed by atoms with Crippen LogP contribution in [-0.4, -0.2) is 56.4 Å². The average Bonchev–Trinajstić information content (AvgIpc) is 3.20. The second-order valence-corrected chi connectivity index (χ2v) is 5.98. The molecule has 0 radical (unpaired) electrons. The monoisotopic (exact) mass is 352 g/mol. The Bertz CT molecular complexity index is 739. The molecule has 0 spiro atoms. The van der Waals surface area contributed by atoms with Gasteiger partial charge in [0, 0.05) is 18.2 Å². The van der Waals surface area contributed by atoms with Crippen molar-refractivity contribution in [3.63, 3.8) is 0 Å². The second kappa shape index (κ2) is 7.24. The number of aromatic hydroxyl groups is 1. The number of nitrogens with zero attached hydrogens (tertiary/aromatic N) is 4. The molecule has 0 bridgehead atoms. The highest BCUT2D eigenvalue weighted by molar-refractivity contribution is 5.48. The number of hydrogen-bond donors (Lipinski definition) is 3. The number of pyridine rings is 1. The Morgan fingerprint density at radius 2 is 2.24 bits per heavy atom. The van der Waals surface area contributed by atoms with Crippen LogP contribution in [0.25, 0.3) is 0 Å². The van der Waals surface area contributed by atoms with Gasteiger partial charge in [-0.2, -0.15) is 0 Å². The minimum atomic E-state index is -0.996. The van der Waals surface area contributed by atoms with Crippen molar-refractivity contribution in [2.45, 2.75) is 31.5 Å². The highest BCUT2D eigenvalue weighted by Crippen LogP contribution is 2.40. The maximum Gasteiger partial charge on any atom is 0.232 e. The number of hydrogen-bond acceptors (Lipinski definition) is 7. The first-order valence-electron chi connectivity index (χ1n) is 8.05. The molecule has 9 heteroatoms. The van der Waals surface area contributed by atoms with Gasteiger partial charge >= 0.3 is 0 Å². The van der Waals surface area contributed by atoms with Gasteiger partial charge in [0.2, 0.25) is 11.8 Å². The standard InChI is InChI=1S/C16H21FN4O4/c1-25-16-12(5-10(17)7-18-16)13-3-2-4-20(13)15-6-14(24)19-21(15)8-11(23)9-22/h5-7,11,13,22-23H,2-4,8-9H2,1H3,(H,19,24). The fourth-order valence-electron chi connectivity index (χ4n) is 3.23. The van der Waals surface area contributed by atoms with E-state index in [1.165, 1.54) is 23.9 Å². The van der Waals surface area contributed by atoms with Gasteiger partial charge in [0.1, 0.15) is 11.6 Å². The molecule has 3 N–H and O–H groups in total. The van der Waals surface area contributed by atoms with Crippen molar-refractivity contribution in [3.8, 4) is 11.8 Å². The van der Waals surface area contributed by atoms with Crippen LogP contribution >= 0.6 is 0 Å². The number of aromatic nitrogens is 3. The number of rotatable bonds is 6. The highest BCUT2D eigenvalue weighted by Gasteiger charge is 2.32. The van der Waals surface area contributed by atoms with Crippen LogP contribution in [-0.2, 0) is 6.54 Å². The van der Waals surface area contributed by atoms with Gasteiger partial charge in [0.05, 0.1) is 38.6 Å². The molecule has 0 aromatic carbocycles. The van der Waals surface area contributed by atoms with Crippen molar-refractivity contribution in [1.82, 2.24) is 14.8 Å². The van der Waals surface area contributed by atoms with E-state index in [2.05, 4.69) is 10.1 Å². The van der Waals surface area contributed by atoms with Crippen LogP contribution in [0, 0.1) is 5.82 Å². The van der Waals surface area contributed by atoms with Crippen LogP contribution < -0.4 is 9.64 Å². The maximum absolute atomic E-state index is 13.7. The Morgan fingerprint density at radius 3 is 2.96 bits per heavy atom. The molecule has 2 aromatic heterocycles. The molecular formula is C16H21FN4O4. The molecule has 2 unspecified atom stereocenters. The van der Waals surface area contributed by atoms with Crippen LogP contribution in [0.4, 0.5) is 10.2 Å². The molecule has 3 heterocycles. The van der Waals surface area contributed by atoms with E-state index >= 15 is 0 Å². The first kappa shape index (κ1) is 17.4. The Balaban J connectivity index is 1.96. The minimum absolute atomic E-state index is 0.0359. The average molecular weight is 352 g/mol. The number of anilines is 1. The minimum Gasteiger partial charge on any atom is -0.492 e. The van der Waals surface area contributed by atoms with E-state index in [1.807, 2.05) is 4.90 Å². The number of ether oxygens (including phenoxy) is 1. The summed E-state index contributed by atoms with van der Waals surface area (Å²) < 4.78 is 20.4. The predicted octanol–water partition coefficient (Wildman–Crippen LogP) is 0.826. The molecule has 8 nitrogen and oxygen atoms in total. The third kappa shape index (κ3) is 3.52. The summed E-state index contributed by atoms with van der Waals surface area (Å²) in [6, 6.07) is 2.69. The molecule has 2 atom stereocenters. The first-order valence-corrected chi connectivity index (χ1v) is 8.05. The summed E-state index contributed by atoms with van der Waals surface area (Å²) in [5, 5.41) is 32.5. The smallest absolute Gasteiger partial charge is 0.232 e. The lowest BCUT2D eigenvalue weighted by Crippen LogP contribution is -2.29. The summed E-state index contributed by atoms with van der Waals surface area (Å²) in [6.07, 6.45) is 1.73. The van der Waals surface area contributed by atoms with Crippen molar-refractivity contribution in [2.75, 3.05) is 25.2 Å². The van der Waals surface area contributed by atoms with Gasteiger partial charge in [-0.3, -0.25) is 0 Å². The fourth-order valence-corrected chi connectivity index (χ4v) is 3.23. The fraction of sp³-hybridized carbons (Fsp3) is 0.500. The van der Waals surface area contributed by atoms with Crippen LogP contribution in [0.15, 0.2) is 18.3 Å². The lowest BCUT2D eigenvalue weighted by atomic mass is 10.1. The van der Waals surface area contributed by atoms with Gasteiger partial charge in [-0.15, -0.1) is 5.10 Å². The van der Waals surface area contributed by atoms with Gasteiger partial charge in [0.15, 0.2) is 0 Å². The maximum atomic E-state index is 13.7. The van der Waals surface area contributed by atoms with Crippen molar-refractivity contribution in [3.05, 3.63) is 29.7 Å². The number of aliphatic hydroxyl groups is 2. The van der Waals surface area contributed by atoms with E-state index in [0.29, 0.717) is 23.8 Å². The van der Waals surface area contributed by atoms with E-state index in [9.17, 15) is 14.6 Å². The van der Waals surface area contributed by atoms with E-state index in [-0.39, 0.29) is 18.5 Å². The third-order valence-electron chi connectivity index (χ3n) is 4.29. The topological polar surface area (TPSA) is 104 Å². The number of halogens is 1. The summed E-state index contributed by atoms with van der Waals surface area (Å²) in [5.74, 6) is 0.299. The van der Waals surface area contributed by atoms with Gasteiger partial charge in [-0.1, -0.05) is 0 Å². The molecule has 2 aromatic rings. The summed E-state index contributed by atoms with van der Waals surface area (Å²) >= 11 is 0. The largest absolute Gasteiger partial charge is 0.492 e. The molecule has 0 amide bonds. The van der Waals surface area contributed by atoms with Gasteiger partial charge in [0.25, 0.3) is 0 Å². The van der Waals surface area contributed by atoms with Crippen LogP contribution in [0.1, 0.15) is 24.4 Å². The van der Waals surface area contributed by atoms with E-state index < -0.39 is 18.5 Å². The molecule has 1 aliphatic rings. The SMILES string of the molecule is COc1ncc(F)cc1C1CCCN1c1cc(O)nn1CC(O)CO. The van der Waals surface area contributed by atoms with E-state index in [1.54, 1.807) is 0 Å². The van der Waals surface area contributed by atoms with E-state index in [4.69, 9.17) is 9.84 Å². The van der Waals surface area contributed by atoms with Crippen LogP contribution in [0.5, 0.6) is 11.8 Å². The molecular weight excluding hydrogens is 331 g/mol. The predicted molar refractivity (Wildman–Crippen MR) is 87.1 cm³/mol. The Kier molecular flexibility index (Phi) is 5.05. The summed E-state index contributed by atoms with van der Waals surface area (Å²) in [6.45, 7) is 0.296. The number of aliphatic hydroxyl groups excluding tert-OH is 2. The molecule has 0 aliphatic carbocycles. The van der Waals surface area contributed by atoms with Crippen molar-refractivity contribution in [2.24, 2.45) is 0 Å². The Morgan fingerprint density at radius 1 is 1.44 bits per heavy atom. The molecule has 3 rings (SSSR count). The lowest BCUT2D eigenvalue weighted by molar-refractivity contribution is 0.0782. The first-order chi connectivity index (χ1) is 12.0. The number of methoxy groups -OCH3 is 1. The van der Waals surface area contributed by atoms with Crippen molar-refractivity contribution < 1.29 is 24.4 Å². The summed E-state index contributed by atoms with van der Waals surface area (Å²) in [5.41, 5.74) is 0.620. The molecule has 1 saturated heterocycles. The van der Waals surface area contributed by atoms with Crippen molar-refractivity contribution >= 4 is 5.82 Å². The Labute approximate surface area is 144 Å². The van der Waals surface area contributed by atoms with Gasteiger partial charge < -0.3 is 25.0 Å². The zero-order valence-electron chi connectivity index (χ0n) is 13.8. The quantitative estimate of drug-likeness (QED) is 0.707. The normalized spacial score (nSPS) is 18.6. The third-order valence-corrected chi connectivity index (χ3v) is 4.29. The summed E-state index contributed by atoms with van der Waals surface area (Å²) in [4.78, 5) is 5.96. The Hall–Kier alpha value is -2.39. The molecule has 136 valence electrons. The van der Waals surface area contributed by atoms with Crippen molar-refractivity contribution in [1.29, 1.82) is 0 Å². The lowest BCUT2D eigenvalue weighted by Gasteiger charge is -2.28. The molecule has 25 heavy (non-hydrogen) atoms. The zero-order valence-corrected chi connectivity index (χ0v) is 13.8. The summed E-state index contributed by atoms with van der Waals surface area (Å²) in [7, 11) is 1.48. The van der Waals surface area contributed by atoms with Crippen LogP contribution in [0.2, 0.25) is 0 Å². The highest BCUT2D eigenvalue weighted by atomic mass is 19.1. The molecule has 1 aliphatic heterocycles. The zero-order chi connectivity index (χ0) is 18.0. The van der Waals surface area contributed by atoms with Gasteiger partial charge in [-0.05, 0) is 18.9 Å². The van der Waals surface area contributed by atoms with Gasteiger partial charge in [-0.25, -0.2) is 14.1 Å². The second-order valence-electron chi connectivity index (χ2n) is 5.98. The van der Waals surface area contributed by atoms with Crippen LogP contribution in [0.3, 0.4) is 0 Å². The van der Waals surface area contributed by atoms with E-state index in [0.717, 1.165) is 19.0 Å². The molecule has 0 saturated carbocycles. The molecule has 1 fully saturated rings.